The average molecular weight is 496 g/mol. The number of amides is 2. The van der Waals surface area contributed by atoms with E-state index in [0.717, 1.165) is 63.6 Å². The van der Waals surface area contributed by atoms with Gasteiger partial charge in [0.2, 0.25) is 0 Å². The fraction of sp³-hybridized carbons (Fsp3) is 0.565. The molecule has 34 heavy (non-hydrogen) atoms. The Morgan fingerprint density at radius 1 is 1.12 bits per heavy atom. The summed E-state index contributed by atoms with van der Waals surface area (Å²) in [5.74, 6) is 0. The number of carbonyl (C=O) groups is 1. The van der Waals surface area contributed by atoms with Crippen LogP contribution in [0.2, 0.25) is 0 Å². The van der Waals surface area contributed by atoms with Gasteiger partial charge in [-0.2, -0.15) is 13.5 Å². The minimum atomic E-state index is -4.13. The molecule has 2 aromatic rings. The Morgan fingerprint density at radius 2 is 1.79 bits per heavy atom. The minimum absolute atomic E-state index is 0. The summed E-state index contributed by atoms with van der Waals surface area (Å²) >= 11 is 0. The molecule has 1 saturated heterocycles. The monoisotopic (exact) mass is 495 g/mol. The van der Waals surface area contributed by atoms with Crippen LogP contribution in [0.4, 0.5) is 16.2 Å². The van der Waals surface area contributed by atoms with Gasteiger partial charge in [0.05, 0.1) is 18.4 Å². The summed E-state index contributed by atoms with van der Waals surface area (Å²) < 4.78 is 31.9. The second-order valence-electron chi connectivity index (χ2n) is 9.48. The molecule has 1 radical (unpaired) electrons. The van der Waals surface area contributed by atoms with E-state index in [4.69, 9.17) is 0 Å². The standard InChI is InChI=1S/C23H32N6O3S.Na/c1-27-11-5-8-18(27)15-29(19-13-24-28(2)14-19)33(31,32)26-23(30)25-22-20-9-3-6-16(20)12-17-7-4-10-21(17)22;/h12-14,18H,3-11,15H2,1-2H3,(H2,25,26,30);. The number of fused-ring (bicyclic) bond motifs is 2. The van der Waals surface area contributed by atoms with Crippen molar-refractivity contribution < 1.29 is 13.2 Å². The number of urea groups is 1. The molecule has 2 N–H and O–H groups in total. The molecule has 11 heteroatoms. The summed E-state index contributed by atoms with van der Waals surface area (Å²) in [6.07, 6.45) is 11.1. The van der Waals surface area contributed by atoms with Crippen LogP contribution in [0.5, 0.6) is 0 Å². The molecule has 0 spiro atoms. The van der Waals surface area contributed by atoms with E-state index in [1.165, 1.54) is 32.8 Å². The molecule has 1 aliphatic heterocycles. The molecular formula is C23H32N6NaO3S. The number of nitrogens with one attached hydrogen (secondary N) is 2. The Morgan fingerprint density at radius 3 is 2.35 bits per heavy atom. The van der Waals surface area contributed by atoms with E-state index in [9.17, 15) is 13.2 Å². The molecule has 2 heterocycles. The van der Waals surface area contributed by atoms with Crippen molar-refractivity contribution in [2.24, 2.45) is 7.05 Å². The summed E-state index contributed by atoms with van der Waals surface area (Å²) in [4.78, 5) is 15.2. The van der Waals surface area contributed by atoms with Gasteiger partial charge in [-0.15, -0.1) is 0 Å². The maximum Gasteiger partial charge on any atom is 0.334 e. The van der Waals surface area contributed by atoms with Crippen LogP contribution < -0.4 is 14.3 Å². The van der Waals surface area contributed by atoms with Crippen molar-refractivity contribution in [3.05, 3.63) is 40.7 Å². The predicted octanol–water partition coefficient (Wildman–Crippen LogP) is 1.98. The SMILES string of the molecule is CN1CCCC1CN(c1cnn(C)c1)S(=O)(=O)NC(=O)Nc1c2c(cc3c1CCC3)CCC2.[Na]. The molecule has 1 fully saturated rings. The van der Waals surface area contributed by atoms with Crippen molar-refractivity contribution in [3.63, 3.8) is 0 Å². The predicted molar refractivity (Wildman–Crippen MR) is 134 cm³/mol. The molecule has 179 valence electrons. The van der Waals surface area contributed by atoms with Crippen LogP contribution in [0.15, 0.2) is 18.5 Å². The van der Waals surface area contributed by atoms with E-state index in [2.05, 4.69) is 26.1 Å². The fourth-order valence-corrected chi connectivity index (χ4v) is 6.69. The number of carbonyl (C=O) groups excluding carboxylic acids is 1. The van der Waals surface area contributed by atoms with Crippen molar-refractivity contribution >= 4 is 57.2 Å². The molecule has 0 saturated carbocycles. The van der Waals surface area contributed by atoms with Crippen LogP contribution in [-0.2, 0) is 42.9 Å². The van der Waals surface area contributed by atoms with Gasteiger partial charge in [0, 0.05) is 54.5 Å². The molecule has 1 aromatic carbocycles. The van der Waals surface area contributed by atoms with Gasteiger partial charge < -0.3 is 10.2 Å². The molecule has 0 bridgehead atoms. The number of anilines is 2. The molecule has 1 atom stereocenters. The number of aryl methyl sites for hydroxylation is 3. The number of benzene rings is 1. The van der Waals surface area contributed by atoms with Crippen LogP contribution in [0.1, 0.15) is 47.9 Å². The van der Waals surface area contributed by atoms with Gasteiger partial charge in [-0.3, -0.25) is 4.68 Å². The van der Waals surface area contributed by atoms with Crippen LogP contribution in [0.3, 0.4) is 0 Å². The van der Waals surface area contributed by atoms with Gasteiger partial charge in [-0.05, 0) is 87.2 Å². The van der Waals surface area contributed by atoms with Crippen LogP contribution in [0.25, 0.3) is 0 Å². The number of hydrogen-bond donors (Lipinski definition) is 2. The molecular weight excluding hydrogens is 463 g/mol. The topological polar surface area (TPSA) is 99.6 Å². The number of hydrogen-bond acceptors (Lipinski definition) is 5. The molecule has 9 nitrogen and oxygen atoms in total. The molecule has 2 amide bonds. The number of likely N-dealkylation sites (N-methyl/N-ethyl adjacent to an activating group) is 1. The maximum atomic E-state index is 13.4. The zero-order valence-corrected chi connectivity index (χ0v) is 23.1. The van der Waals surface area contributed by atoms with Crippen LogP contribution >= 0.6 is 0 Å². The Hall–Kier alpha value is -1.59. The van der Waals surface area contributed by atoms with E-state index in [1.807, 2.05) is 7.05 Å². The molecule has 3 aliphatic rings. The van der Waals surface area contributed by atoms with Gasteiger partial charge in [0.1, 0.15) is 0 Å². The van der Waals surface area contributed by atoms with Crippen molar-refractivity contribution in [1.82, 2.24) is 19.4 Å². The average Bonchev–Trinajstić information content (AvgIpc) is 3.53. The summed E-state index contributed by atoms with van der Waals surface area (Å²) in [6, 6.07) is 1.66. The summed E-state index contributed by atoms with van der Waals surface area (Å²) in [5.41, 5.74) is 6.18. The molecule has 5 rings (SSSR count). The van der Waals surface area contributed by atoms with Gasteiger partial charge in [-0.25, -0.2) is 13.8 Å². The fourth-order valence-electron chi connectivity index (χ4n) is 5.56. The third-order valence-corrected chi connectivity index (χ3v) is 8.63. The molecule has 2 aliphatic carbocycles. The Bertz CT molecular complexity index is 1150. The van der Waals surface area contributed by atoms with E-state index < -0.39 is 16.2 Å². The van der Waals surface area contributed by atoms with E-state index >= 15 is 0 Å². The van der Waals surface area contributed by atoms with E-state index in [0.29, 0.717) is 5.69 Å². The molecule has 1 unspecified atom stereocenters. The zero-order chi connectivity index (χ0) is 23.2. The first-order valence-electron chi connectivity index (χ1n) is 11.8. The summed E-state index contributed by atoms with van der Waals surface area (Å²) in [5, 5.41) is 7.06. The van der Waals surface area contributed by atoms with Gasteiger partial charge >= 0.3 is 16.2 Å². The first-order chi connectivity index (χ1) is 15.8. The molecule has 1 aromatic heterocycles. The number of nitrogens with zero attached hydrogens (tertiary/aromatic N) is 4. The second-order valence-corrected chi connectivity index (χ2v) is 11.1. The number of rotatable bonds is 6. The van der Waals surface area contributed by atoms with Gasteiger partial charge in [0.25, 0.3) is 0 Å². The van der Waals surface area contributed by atoms with Crippen molar-refractivity contribution in [2.75, 3.05) is 29.8 Å². The van der Waals surface area contributed by atoms with Crippen LogP contribution in [0, 0.1) is 0 Å². The largest absolute Gasteiger partial charge is 0.334 e. The van der Waals surface area contributed by atoms with Crippen molar-refractivity contribution in [2.45, 2.75) is 57.4 Å². The van der Waals surface area contributed by atoms with Gasteiger partial charge in [-0.1, -0.05) is 6.07 Å². The summed E-state index contributed by atoms with van der Waals surface area (Å²) in [6.45, 7) is 1.20. The van der Waals surface area contributed by atoms with E-state index in [1.54, 1.807) is 17.9 Å². The smallest absolute Gasteiger partial charge is 0.307 e. The normalized spacial score (nSPS) is 19.4. The Kier molecular flexibility index (Phi) is 7.64. The zero-order valence-electron chi connectivity index (χ0n) is 20.3. The second kappa shape index (κ2) is 10.2. The quantitative estimate of drug-likeness (QED) is 0.597. The number of aromatic nitrogens is 2. The number of likely N-dealkylation sites (tertiary alicyclic amines) is 1. The third-order valence-electron chi connectivity index (χ3n) is 7.25. The minimum Gasteiger partial charge on any atom is -0.307 e. The van der Waals surface area contributed by atoms with E-state index in [-0.39, 0.29) is 42.1 Å². The Labute approximate surface area is 223 Å². The van der Waals surface area contributed by atoms with Crippen molar-refractivity contribution in [1.29, 1.82) is 0 Å². The third kappa shape index (κ3) is 5.02. The van der Waals surface area contributed by atoms with Crippen molar-refractivity contribution in [3.8, 4) is 0 Å². The maximum absolute atomic E-state index is 13.4. The van der Waals surface area contributed by atoms with Crippen LogP contribution in [-0.4, -0.2) is 84.9 Å². The first-order valence-corrected chi connectivity index (χ1v) is 13.2. The first kappa shape index (κ1) is 25.5. The Balaban J connectivity index is 0.00000274. The van der Waals surface area contributed by atoms with Gasteiger partial charge in [0.15, 0.2) is 0 Å². The summed E-state index contributed by atoms with van der Waals surface area (Å²) in [7, 11) is -0.384.